The molecule has 1 aromatic heterocycles. The van der Waals surface area contributed by atoms with Crippen LogP contribution in [-0.4, -0.2) is 44.4 Å². The average molecular weight is 339 g/mol. The number of piperidine rings is 1. The molecule has 1 saturated heterocycles. The monoisotopic (exact) mass is 339 g/mol. The van der Waals surface area contributed by atoms with Gasteiger partial charge in [-0.3, -0.25) is 4.79 Å². The first-order valence-electron chi connectivity index (χ1n) is 8.60. The van der Waals surface area contributed by atoms with Crippen LogP contribution in [0.1, 0.15) is 25.7 Å². The molecule has 8 heteroatoms. The topological polar surface area (TPSA) is 109 Å². The molecule has 1 aliphatic heterocycles. The number of nitrogen functional groups attached to an aromatic ring is 1. The zero-order valence-corrected chi connectivity index (χ0v) is 13.9. The third-order valence-corrected chi connectivity index (χ3v) is 4.45. The first-order valence-corrected chi connectivity index (χ1v) is 8.60. The van der Waals surface area contributed by atoms with Gasteiger partial charge in [0.25, 0.3) is 0 Å². The summed E-state index contributed by atoms with van der Waals surface area (Å²) in [5, 5.41) is 6.23. The smallest absolute Gasteiger partial charge is 0.245 e. The van der Waals surface area contributed by atoms with Crippen LogP contribution < -0.4 is 16.4 Å². The number of rotatable bonds is 5. The van der Waals surface area contributed by atoms with Crippen molar-refractivity contribution >= 4 is 29.4 Å². The van der Waals surface area contributed by atoms with Crippen molar-refractivity contribution < 1.29 is 4.79 Å². The highest BCUT2D eigenvalue weighted by molar-refractivity contribution is 5.85. The van der Waals surface area contributed by atoms with E-state index in [0.717, 1.165) is 37.9 Å². The van der Waals surface area contributed by atoms with Crippen molar-refractivity contribution in [1.29, 1.82) is 0 Å². The summed E-state index contributed by atoms with van der Waals surface area (Å²) >= 11 is 0. The molecule has 1 unspecified atom stereocenters. The number of likely N-dealkylation sites (tertiary alicyclic amines) is 1. The number of para-hydroxylation sites is 1. The van der Waals surface area contributed by atoms with E-state index in [0.29, 0.717) is 17.9 Å². The molecule has 2 aromatic rings. The lowest BCUT2D eigenvalue weighted by Crippen LogP contribution is -2.48. The van der Waals surface area contributed by atoms with Gasteiger partial charge >= 0.3 is 0 Å². The minimum absolute atomic E-state index is 0.109. The van der Waals surface area contributed by atoms with E-state index in [-0.39, 0.29) is 17.9 Å². The second-order valence-corrected chi connectivity index (χ2v) is 6.43. The van der Waals surface area contributed by atoms with Crippen LogP contribution in [0.2, 0.25) is 0 Å². The molecule has 4 rings (SSSR count). The molecule has 25 heavy (non-hydrogen) atoms. The van der Waals surface area contributed by atoms with Crippen molar-refractivity contribution in [2.45, 2.75) is 37.8 Å². The van der Waals surface area contributed by atoms with Crippen molar-refractivity contribution in [3.05, 3.63) is 30.3 Å². The average Bonchev–Trinajstić information content (AvgIpc) is 3.42. The minimum atomic E-state index is -0.305. The minimum Gasteiger partial charge on any atom is -0.368 e. The molecule has 4 N–H and O–H groups in total. The second kappa shape index (κ2) is 6.54. The van der Waals surface area contributed by atoms with E-state index in [1.165, 1.54) is 0 Å². The maximum atomic E-state index is 12.6. The van der Waals surface area contributed by atoms with E-state index in [1.54, 1.807) is 0 Å². The lowest BCUT2D eigenvalue weighted by molar-refractivity contribution is -0.134. The van der Waals surface area contributed by atoms with Crippen LogP contribution in [0.5, 0.6) is 0 Å². The Balaban J connectivity index is 1.49. The van der Waals surface area contributed by atoms with Crippen LogP contribution in [0, 0.1) is 0 Å². The molecule has 130 valence electrons. The number of aromatic nitrogens is 3. The molecule has 2 aliphatic rings. The van der Waals surface area contributed by atoms with Crippen LogP contribution in [0.15, 0.2) is 30.3 Å². The number of nitrogens with zero attached hydrogens (tertiary/aromatic N) is 4. The predicted octanol–water partition coefficient (Wildman–Crippen LogP) is 1.76. The van der Waals surface area contributed by atoms with Gasteiger partial charge < -0.3 is 21.3 Å². The van der Waals surface area contributed by atoms with E-state index >= 15 is 0 Å². The van der Waals surface area contributed by atoms with Gasteiger partial charge in [0, 0.05) is 18.3 Å². The molecule has 8 nitrogen and oxygen atoms in total. The summed E-state index contributed by atoms with van der Waals surface area (Å²) in [5.41, 5.74) is 6.66. The van der Waals surface area contributed by atoms with E-state index in [2.05, 4.69) is 25.6 Å². The van der Waals surface area contributed by atoms with Gasteiger partial charge in [-0.2, -0.15) is 15.0 Å². The molecular weight excluding hydrogens is 318 g/mol. The molecule has 1 amide bonds. The van der Waals surface area contributed by atoms with E-state index in [9.17, 15) is 4.79 Å². The fourth-order valence-electron chi connectivity index (χ4n) is 3.10. The summed E-state index contributed by atoms with van der Waals surface area (Å²) in [5.74, 6) is 0.911. The summed E-state index contributed by atoms with van der Waals surface area (Å²) in [6.45, 7) is 0.849. The van der Waals surface area contributed by atoms with Gasteiger partial charge in [0.1, 0.15) is 6.04 Å². The van der Waals surface area contributed by atoms with Gasteiger partial charge in [0.15, 0.2) is 0 Å². The van der Waals surface area contributed by atoms with E-state index in [4.69, 9.17) is 5.73 Å². The Morgan fingerprint density at radius 1 is 1.04 bits per heavy atom. The lowest BCUT2D eigenvalue weighted by atomic mass is 10.0. The molecule has 1 aliphatic carbocycles. The molecule has 2 heterocycles. The van der Waals surface area contributed by atoms with Gasteiger partial charge in [0.05, 0.1) is 0 Å². The number of benzene rings is 1. The lowest BCUT2D eigenvalue weighted by Gasteiger charge is -2.32. The third kappa shape index (κ3) is 3.62. The summed E-state index contributed by atoms with van der Waals surface area (Å²) in [7, 11) is 0. The molecular formula is C17H21N7O. The number of amides is 1. The second-order valence-electron chi connectivity index (χ2n) is 6.43. The molecule has 1 atom stereocenters. The SMILES string of the molecule is Nc1nc(Nc2ccccc2)nc(NC2CCCN(C3CC3)C2=O)n1. The van der Waals surface area contributed by atoms with E-state index in [1.807, 2.05) is 35.2 Å². The highest BCUT2D eigenvalue weighted by atomic mass is 16.2. The first-order chi connectivity index (χ1) is 12.2. The van der Waals surface area contributed by atoms with Crippen molar-refractivity contribution in [3.8, 4) is 0 Å². The Morgan fingerprint density at radius 2 is 1.80 bits per heavy atom. The Kier molecular flexibility index (Phi) is 4.09. The van der Waals surface area contributed by atoms with Crippen LogP contribution in [0.4, 0.5) is 23.5 Å². The van der Waals surface area contributed by atoms with Crippen LogP contribution in [0.25, 0.3) is 0 Å². The number of carbonyl (C=O) groups is 1. The zero-order chi connectivity index (χ0) is 17.2. The van der Waals surface area contributed by atoms with Gasteiger partial charge in [-0.05, 0) is 37.8 Å². The predicted molar refractivity (Wildman–Crippen MR) is 95.3 cm³/mol. The number of carbonyl (C=O) groups excluding carboxylic acids is 1. The van der Waals surface area contributed by atoms with Crippen molar-refractivity contribution in [2.75, 3.05) is 22.9 Å². The summed E-state index contributed by atoms with van der Waals surface area (Å²) in [4.78, 5) is 27.2. The van der Waals surface area contributed by atoms with E-state index < -0.39 is 0 Å². The number of nitrogens with one attached hydrogen (secondary N) is 2. The van der Waals surface area contributed by atoms with Gasteiger partial charge in [-0.1, -0.05) is 18.2 Å². The zero-order valence-electron chi connectivity index (χ0n) is 13.9. The summed E-state index contributed by atoms with van der Waals surface area (Å²) in [6, 6.07) is 9.70. The molecule has 1 saturated carbocycles. The quantitative estimate of drug-likeness (QED) is 0.761. The van der Waals surface area contributed by atoms with Crippen LogP contribution in [-0.2, 0) is 4.79 Å². The maximum absolute atomic E-state index is 12.6. The number of hydrogen-bond donors (Lipinski definition) is 3. The van der Waals surface area contributed by atoms with Gasteiger partial charge in [-0.15, -0.1) is 0 Å². The number of anilines is 4. The highest BCUT2D eigenvalue weighted by Gasteiger charge is 2.38. The van der Waals surface area contributed by atoms with Crippen molar-refractivity contribution in [2.24, 2.45) is 0 Å². The van der Waals surface area contributed by atoms with Crippen LogP contribution in [0.3, 0.4) is 0 Å². The maximum Gasteiger partial charge on any atom is 0.245 e. The van der Waals surface area contributed by atoms with Crippen molar-refractivity contribution in [1.82, 2.24) is 19.9 Å². The molecule has 0 radical (unpaired) electrons. The fraction of sp³-hybridized carbons (Fsp3) is 0.412. The Labute approximate surface area is 145 Å². The third-order valence-electron chi connectivity index (χ3n) is 4.45. The molecule has 0 bridgehead atoms. The molecule has 0 spiro atoms. The Hall–Kier alpha value is -2.90. The molecule has 1 aromatic carbocycles. The standard InChI is InChI=1S/C17H21N7O/c18-15-21-16(19-11-5-2-1-3-6-11)23-17(22-15)20-13-7-4-10-24(14(13)25)12-8-9-12/h1-3,5-6,12-13H,4,7-10H2,(H4,18,19,20,21,22,23). The summed E-state index contributed by atoms with van der Waals surface area (Å²) < 4.78 is 0. The van der Waals surface area contributed by atoms with Gasteiger partial charge in [0.2, 0.25) is 23.8 Å². The molecule has 2 fully saturated rings. The van der Waals surface area contributed by atoms with Gasteiger partial charge in [-0.25, -0.2) is 0 Å². The first kappa shape index (κ1) is 15.6. The van der Waals surface area contributed by atoms with Crippen LogP contribution >= 0.6 is 0 Å². The Bertz CT molecular complexity index is 763. The number of hydrogen-bond acceptors (Lipinski definition) is 7. The largest absolute Gasteiger partial charge is 0.368 e. The summed E-state index contributed by atoms with van der Waals surface area (Å²) in [6.07, 6.45) is 3.98. The Morgan fingerprint density at radius 3 is 2.56 bits per heavy atom. The fourth-order valence-corrected chi connectivity index (χ4v) is 3.10. The normalized spacial score (nSPS) is 20.4. The highest BCUT2D eigenvalue weighted by Crippen LogP contribution is 2.30. The number of nitrogens with two attached hydrogens (primary N) is 1. The van der Waals surface area contributed by atoms with Crippen molar-refractivity contribution in [3.63, 3.8) is 0 Å².